The maximum absolute atomic E-state index is 5.58. The van der Waals surface area contributed by atoms with E-state index in [0.717, 1.165) is 49.8 Å². The van der Waals surface area contributed by atoms with E-state index in [9.17, 15) is 0 Å². The summed E-state index contributed by atoms with van der Waals surface area (Å²) in [5, 5.41) is 9.48. The van der Waals surface area contributed by atoms with Crippen LogP contribution in [0.25, 0.3) is 10.8 Å². The predicted molar refractivity (Wildman–Crippen MR) is 123 cm³/mol. The molecule has 1 aliphatic rings. The van der Waals surface area contributed by atoms with Gasteiger partial charge < -0.3 is 9.47 Å². The Hall–Kier alpha value is -3.05. The highest BCUT2D eigenvalue weighted by Gasteiger charge is 2.16. The van der Waals surface area contributed by atoms with Crippen molar-refractivity contribution in [2.24, 2.45) is 5.10 Å². The number of benzene rings is 3. The number of hydrazone groups is 1. The fourth-order valence-electron chi connectivity index (χ4n) is 3.87. The molecule has 0 bridgehead atoms. The van der Waals surface area contributed by atoms with Crippen LogP contribution in [-0.2, 0) is 6.54 Å². The minimum absolute atomic E-state index is 0.618. The van der Waals surface area contributed by atoms with E-state index in [0.29, 0.717) is 6.61 Å². The Morgan fingerprint density at radius 1 is 0.933 bits per heavy atom. The van der Waals surface area contributed by atoms with Crippen molar-refractivity contribution in [1.82, 2.24) is 9.91 Å². The van der Waals surface area contributed by atoms with Gasteiger partial charge in [0, 0.05) is 32.7 Å². The molecular formula is C25H29N3O2. The van der Waals surface area contributed by atoms with Crippen molar-refractivity contribution < 1.29 is 9.47 Å². The Labute approximate surface area is 178 Å². The van der Waals surface area contributed by atoms with E-state index in [-0.39, 0.29) is 0 Å². The van der Waals surface area contributed by atoms with E-state index in [1.807, 2.05) is 31.3 Å². The Kier molecular flexibility index (Phi) is 6.50. The van der Waals surface area contributed by atoms with Crippen molar-refractivity contribution in [2.75, 3.05) is 39.9 Å². The van der Waals surface area contributed by atoms with Crippen molar-refractivity contribution in [1.29, 1.82) is 0 Å². The van der Waals surface area contributed by atoms with E-state index in [1.165, 1.54) is 16.3 Å². The Bertz CT molecular complexity index is 1000. The third-order valence-corrected chi connectivity index (χ3v) is 5.48. The van der Waals surface area contributed by atoms with Gasteiger partial charge in [-0.2, -0.15) is 5.10 Å². The van der Waals surface area contributed by atoms with Crippen molar-refractivity contribution in [3.05, 3.63) is 71.8 Å². The van der Waals surface area contributed by atoms with Crippen molar-refractivity contribution >= 4 is 17.0 Å². The second kappa shape index (κ2) is 9.63. The number of hydrogen-bond donors (Lipinski definition) is 0. The van der Waals surface area contributed by atoms with Crippen LogP contribution in [0, 0.1) is 0 Å². The second-order valence-corrected chi connectivity index (χ2v) is 7.46. The van der Waals surface area contributed by atoms with Crippen molar-refractivity contribution in [2.45, 2.75) is 13.5 Å². The van der Waals surface area contributed by atoms with Crippen molar-refractivity contribution in [3.8, 4) is 11.5 Å². The van der Waals surface area contributed by atoms with Crippen LogP contribution in [-0.4, -0.2) is 56.0 Å². The van der Waals surface area contributed by atoms with Gasteiger partial charge in [0.25, 0.3) is 0 Å². The highest BCUT2D eigenvalue weighted by atomic mass is 16.5. The molecule has 3 aromatic rings. The molecule has 3 aromatic carbocycles. The van der Waals surface area contributed by atoms with E-state index in [1.54, 1.807) is 7.11 Å². The largest absolute Gasteiger partial charge is 0.493 e. The third kappa shape index (κ3) is 4.74. The quantitative estimate of drug-likeness (QED) is 0.548. The van der Waals surface area contributed by atoms with Crippen LogP contribution in [0.15, 0.2) is 65.8 Å². The summed E-state index contributed by atoms with van der Waals surface area (Å²) in [5.74, 6) is 1.50. The zero-order chi connectivity index (χ0) is 20.8. The van der Waals surface area contributed by atoms with Crippen LogP contribution in [0.5, 0.6) is 11.5 Å². The molecule has 5 nitrogen and oxygen atoms in total. The van der Waals surface area contributed by atoms with E-state index in [4.69, 9.17) is 9.47 Å². The Balaban J connectivity index is 1.34. The maximum atomic E-state index is 5.58. The lowest BCUT2D eigenvalue weighted by Gasteiger charge is -2.33. The molecule has 156 valence electrons. The second-order valence-electron chi connectivity index (χ2n) is 7.46. The molecule has 0 radical (unpaired) electrons. The highest BCUT2D eigenvalue weighted by Crippen LogP contribution is 2.27. The summed E-state index contributed by atoms with van der Waals surface area (Å²) >= 11 is 0. The molecule has 0 saturated carbocycles. The van der Waals surface area contributed by atoms with Gasteiger partial charge in [0.1, 0.15) is 0 Å². The first kappa shape index (κ1) is 20.2. The smallest absolute Gasteiger partial charge is 0.161 e. The molecule has 0 aliphatic carbocycles. The van der Waals surface area contributed by atoms with E-state index >= 15 is 0 Å². The van der Waals surface area contributed by atoms with Gasteiger partial charge in [-0.25, -0.2) is 0 Å². The minimum Gasteiger partial charge on any atom is -0.493 e. The van der Waals surface area contributed by atoms with Crippen LogP contribution < -0.4 is 9.47 Å². The van der Waals surface area contributed by atoms with Crippen LogP contribution in [0.3, 0.4) is 0 Å². The summed E-state index contributed by atoms with van der Waals surface area (Å²) in [4.78, 5) is 2.51. The first-order chi connectivity index (χ1) is 14.8. The minimum atomic E-state index is 0.618. The van der Waals surface area contributed by atoms with Gasteiger partial charge in [0.2, 0.25) is 0 Å². The molecule has 30 heavy (non-hydrogen) atoms. The maximum Gasteiger partial charge on any atom is 0.161 e. The number of hydrogen-bond acceptors (Lipinski definition) is 5. The number of nitrogens with zero attached hydrogens (tertiary/aromatic N) is 3. The molecule has 1 heterocycles. The molecule has 1 saturated heterocycles. The molecule has 1 fully saturated rings. The summed E-state index contributed by atoms with van der Waals surface area (Å²) in [6.45, 7) is 7.43. The topological polar surface area (TPSA) is 37.3 Å². The normalized spacial score (nSPS) is 15.1. The molecular weight excluding hydrogens is 374 g/mol. The molecule has 5 heteroatoms. The van der Waals surface area contributed by atoms with E-state index < -0.39 is 0 Å². The van der Waals surface area contributed by atoms with Crippen molar-refractivity contribution in [3.63, 3.8) is 0 Å². The highest BCUT2D eigenvalue weighted by molar-refractivity contribution is 5.85. The summed E-state index contributed by atoms with van der Waals surface area (Å²) in [5.41, 5.74) is 2.40. The van der Waals surface area contributed by atoms with Gasteiger partial charge in [-0.3, -0.25) is 9.91 Å². The van der Waals surface area contributed by atoms with E-state index in [2.05, 4.69) is 57.5 Å². The lowest BCUT2D eigenvalue weighted by molar-refractivity contribution is 0.131. The summed E-state index contributed by atoms with van der Waals surface area (Å²) < 4.78 is 11.0. The number of methoxy groups -OCH3 is 1. The average molecular weight is 404 g/mol. The van der Waals surface area contributed by atoms with Gasteiger partial charge >= 0.3 is 0 Å². The Morgan fingerprint density at radius 2 is 1.73 bits per heavy atom. The van der Waals surface area contributed by atoms with Gasteiger partial charge in [0.05, 0.1) is 19.9 Å². The van der Waals surface area contributed by atoms with Crippen LogP contribution in [0.2, 0.25) is 0 Å². The number of fused-ring (bicyclic) bond motifs is 1. The van der Waals surface area contributed by atoms with Crippen LogP contribution >= 0.6 is 0 Å². The third-order valence-electron chi connectivity index (χ3n) is 5.48. The summed E-state index contributed by atoms with van der Waals surface area (Å²) in [6, 6.07) is 21.1. The monoisotopic (exact) mass is 403 g/mol. The first-order valence-corrected chi connectivity index (χ1v) is 10.6. The van der Waals surface area contributed by atoms with Gasteiger partial charge in [-0.15, -0.1) is 0 Å². The van der Waals surface area contributed by atoms with Gasteiger partial charge in [0.15, 0.2) is 11.5 Å². The molecule has 0 atom stereocenters. The predicted octanol–water partition coefficient (Wildman–Crippen LogP) is 4.40. The lowest BCUT2D eigenvalue weighted by Crippen LogP contribution is -2.43. The molecule has 0 N–H and O–H groups in total. The average Bonchev–Trinajstić information content (AvgIpc) is 2.80. The molecule has 0 spiro atoms. The number of rotatable bonds is 7. The molecule has 0 aromatic heterocycles. The van der Waals surface area contributed by atoms with Gasteiger partial charge in [-0.05, 0) is 47.0 Å². The Morgan fingerprint density at radius 3 is 2.53 bits per heavy atom. The first-order valence-electron chi connectivity index (χ1n) is 10.6. The molecule has 0 unspecified atom stereocenters. The zero-order valence-corrected chi connectivity index (χ0v) is 17.8. The molecule has 4 rings (SSSR count). The summed E-state index contributed by atoms with van der Waals surface area (Å²) in [7, 11) is 1.66. The zero-order valence-electron chi connectivity index (χ0n) is 17.8. The van der Waals surface area contributed by atoms with Gasteiger partial charge in [-0.1, -0.05) is 42.5 Å². The SMILES string of the molecule is CCOc1ccc(/C=N/N2CCN(Cc3cccc4ccccc34)CC2)cc1OC. The molecule has 1 aliphatic heterocycles. The number of piperazine rings is 1. The lowest BCUT2D eigenvalue weighted by atomic mass is 10.0. The fourth-order valence-corrected chi connectivity index (χ4v) is 3.87. The molecule has 0 amide bonds. The van der Waals surface area contributed by atoms with Crippen LogP contribution in [0.4, 0.5) is 0 Å². The van der Waals surface area contributed by atoms with Crippen LogP contribution in [0.1, 0.15) is 18.1 Å². The number of ether oxygens (including phenoxy) is 2. The standard InChI is InChI=1S/C25H29N3O2/c1-3-30-24-12-11-20(17-25(24)29-2)18-26-28-15-13-27(14-16-28)19-22-9-6-8-21-7-4-5-10-23(21)22/h4-12,17-18H,3,13-16,19H2,1-2H3/b26-18+. The summed E-state index contributed by atoms with van der Waals surface area (Å²) in [6.07, 6.45) is 1.90. The fraction of sp³-hybridized carbons (Fsp3) is 0.320.